The Kier molecular flexibility index (Phi) is 4.94. The molecular weight excluding hydrogens is 262 g/mol. The Bertz CT molecular complexity index is 624. The smallest absolute Gasteiger partial charge is 0.224 e. The van der Waals surface area contributed by atoms with E-state index in [1.165, 1.54) is 5.39 Å². The Hall–Kier alpha value is -1.91. The van der Waals surface area contributed by atoms with Crippen molar-refractivity contribution in [2.24, 2.45) is 17.4 Å². The molecule has 2 aromatic rings. The van der Waals surface area contributed by atoms with Gasteiger partial charge in [-0.15, -0.1) is 0 Å². The van der Waals surface area contributed by atoms with Crippen molar-refractivity contribution >= 4 is 16.7 Å². The van der Waals surface area contributed by atoms with Crippen LogP contribution in [0.4, 0.5) is 0 Å². The van der Waals surface area contributed by atoms with E-state index in [2.05, 4.69) is 29.6 Å². The second-order valence-electron chi connectivity index (χ2n) is 5.55. The molecular formula is C17H23N3O. The van der Waals surface area contributed by atoms with Crippen LogP contribution in [0.1, 0.15) is 25.5 Å². The highest BCUT2D eigenvalue weighted by Crippen LogP contribution is 2.20. The van der Waals surface area contributed by atoms with Crippen LogP contribution in [0.15, 0.2) is 42.5 Å². The van der Waals surface area contributed by atoms with Crippen molar-refractivity contribution in [1.82, 2.24) is 5.32 Å². The van der Waals surface area contributed by atoms with Gasteiger partial charge >= 0.3 is 0 Å². The SMILES string of the molecule is CC(N)C(C)C(=O)NC(CN)c1ccc2ccccc2c1. The summed E-state index contributed by atoms with van der Waals surface area (Å²) in [7, 11) is 0. The second-order valence-corrected chi connectivity index (χ2v) is 5.55. The largest absolute Gasteiger partial charge is 0.348 e. The van der Waals surface area contributed by atoms with Crippen molar-refractivity contribution in [2.75, 3.05) is 6.54 Å². The molecule has 0 bridgehead atoms. The van der Waals surface area contributed by atoms with Crippen molar-refractivity contribution in [3.63, 3.8) is 0 Å². The summed E-state index contributed by atoms with van der Waals surface area (Å²) >= 11 is 0. The maximum atomic E-state index is 12.1. The molecule has 21 heavy (non-hydrogen) atoms. The lowest BCUT2D eigenvalue weighted by molar-refractivity contribution is -0.125. The fraction of sp³-hybridized carbons (Fsp3) is 0.353. The number of amides is 1. The summed E-state index contributed by atoms with van der Waals surface area (Å²) in [6.07, 6.45) is 0. The molecule has 0 fully saturated rings. The first-order chi connectivity index (χ1) is 10.0. The molecule has 0 aliphatic carbocycles. The van der Waals surface area contributed by atoms with E-state index in [0.717, 1.165) is 10.9 Å². The third-order valence-electron chi connectivity index (χ3n) is 3.93. The highest BCUT2D eigenvalue weighted by atomic mass is 16.2. The van der Waals surface area contributed by atoms with E-state index in [4.69, 9.17) is 11.5 Å². The molecule has 4 heteroatoms. The monoisotopic (exact) mass is 285 g/mol. The van der Waals surface area contributed by atoms with Crippen LogP contribution in [0.2, 0.25) is 0 Å². The zero-order valence-electron chi connectivity index (χ0n) is 12.5. The third-order valence-corrected chi connectivity index (χ3v) is 3.93. The predicted molar refractivity (Wildman–Crippen MR) is 86.7 cm³/mol. The molecule has 3 atom stereocenters. The lowest BCUT2D eigenvalue weighted by Gasteiger charge is -2.22. The molecule has 0 heterocycles. The van der Waals surface area contributed by atoms with Gasteiger partial charge in [0.2, 0.25) is 5.91 Å². The molecule has 0 radical (unpaired) electrons. The normalized spacial score (nSPS) is 15.4. The van der Waals surface area contributed by atoms with Crippen LogP contribution >= 0.6 is 0 Å². The number of benzene rings is 2. The molecule has 0 aliphatic rings. The van der Waals surface area contributed by atoms with Crippen molar-refractivity contribution < 1.29 is 4.79 Å². The molecule has 0 aromatic heterocycles. The maximum absolute atomic E-state index is 12.1. The number of nitrogens with two attached hydrogens (primary N) is 2. The first-order valence-corrected chi connectivity index (χ1v) is 7.27. The molecule has 0 aliphatic heterocycles. The lowest BCUT2D eigenvalue weighted by atomic mass is 9.99. The number of nitrogens with one attached hydrogen (secondary N) is 1. The number of fused-ring (bicyclic) bond motifs is 1. The first-order valence-electron chi connectivity index (χ1n) is 7.27. The van der Waals surface area contributed by atoms with Crippen molar-refractivity contribution in [1.29, 1.82) is 0 Å². The topological polar surface area (TPSA) is 81.1 Å². The van der Waals surface area contributed by atoms with Gasteiger partial charge in [-0.25, -0.2) is 0 Å². The summed E-state index contributed by atoms with van der Waals surface area (Å²) in [4.78, 5) is 12.1. The fourth-order valence-corrected chi connectivity index (χ4v) is 2.24. The van der Waals surface area contributed by atoms with Gasteiger partial charge in [0, 0.05) is 18.5 Å². The summed E-state index contributed by atoms with van der Waals surface area (Å²) in [5.41, 5.74) is 12.6. The average Bonchev–Trinajstić information content (AvgIpc) is 2.51. The van der Waals surface area contributed by atoms with Gasteiger partial charge in [-0.1, -0.05) is 43.3 Å². The van der Waals surface area contributed by atoms with Gasteiger partial charge in [0.05, 0.1) is 6.04 Å². The van der Waals surface area contributed by atoms with Gasteiger partial charge in [-0.05, 0) is 29.3 Å². The summed E-state index contributed by atoms with van der Waals surface area (Å²) in [6.45, 7) is 4.02. The molecule has 1 amide bonds. The summed E-state index contributed by atoms with van der Waals surface area (Å²) in [6, 6.07) is 13.9. The molecule has 0 saturated heterocycles. The zero-order chi connectivity index (χ0) is 15.4. The van der Waals surface area contributed by atoms with E-state index >= 15 is 0 Å². The minimum atomic E-state index is -0.237. The van der Waals surface area contributed by atoms with Crippen molar-refractivity contribution in [3.05, 3.63) is 48.0 Å². The summed E-state index contributed by atoms with van der Waals surface area (Å²) in [5, 5.41) is 5.30. The quantitative estimate of drug-likeness (QED) is 0.785. The Morgan fingerprint density at radius 1 is 1.14 bits per heavy atom. The van der Waals surface area contributed by atoms with Gasteiger partial charge < -0.3 is 16.8 Å². The fourth-order valence-electron chi connectivity index (χ4n) is 2.24. The number of rotatable bonds is 5. The van der Waals surface area contributed by atoms with E-state index in [9.17, 15) is 4.79 Å². The van der Waals surface area contributed by atoms with Crippen LogP contribution in [-0.4, -0.2) is 18.5 Å². The highest BCUT2D eigenvalue weighted by Gasteiger charge is 2.20. The molecule has 4 nitrogen and oxygen atoms in total. The van der Waals surface area contributed by atoms with Gasteiger partial charge in [0.25, 0.3) is 0 Å². The highest BCUT2D eigenvalue weighted by molar-refractivity contribution is 5.83. The molecule has 2 aromatic carbocycles. The molecule has 0 spiro atoms. The minimum Gasteiger partial charge on any atom is -0.348 e. The molecule has 5 N–H and O–H groups in total. The van der Waals surface area contributed by atoms with E-state index in [-0.39, 0.29) is 23.9 Å². The Morgan fingerprint density at radius 2 is 1.81 bits per heavy atom. The van der Waals surface area contributed by atoms with E-state index in [0.29, 0.717) is 6.54 Å². The molecule has 0 saturated carbocycles. The molecule has 112 valence electrons. The first kappa shape index (κ1) is 15.5. The van der Waals surface area contributed by atoms with Gasteiger partial charge in [-0.3, -0.25) is 4.79 Å². The van der Waals surface area contributed by atoms with Crippen LogP contribution in [0.5, 0.6) is 0 Å². The van der Waals surface area contributed by atoms with E-state index in [1.54, 1.807) is 0 Å². The number of carbonyl (C=O) groups excluding carboxylic acids is 1. The number of hydrogen-bond donors (Lipinski definition) is 3. The number of carbonyl (C=O) groups is 1. The van der Waals surface area contributed by atoms with Crippen LogP contribution in [0.25, 0.3) is 10.8 Å². The third kappa shape index (κ3) is 3.60. The van der Waals surface area contributed by atoms with Crippen LogP contribution in [0, 0.1) is 5.92 Å². The van der Waals surface area contributed by atoms with E-state index in [1.807, 2.05) is 32.0 Å². The minimum absolute atomic E-state index is 0.0615. The predicted octanol–water partition coefficient (Wildman–Crippen LogP) is 1.94. The Morgan fingerprint density at radius 3 is 2.43 bits per heavy atom. The van der Waals surface area contributed by atoms with Crippen LogP contribution < -0.4 is 16.8 Å². The molecule has 3 unspecified atom stereocenters. The zero-order valence-corrected chi connectivity index (χ0v) is 12.5. The van der Waals surface area contributed by atoms with Crippen molar-refractivity contribution in [2.45, 2.75) is 25.9 Å². The average molecular weight is 285 g/mol. The van der Waals surface area contributed by atoms with Crippen molar-refractivity contribution in [3.8, 4) is 0 Å². The standard InChI is InChI=1S/C17H23N3O/c1-11(12(2)19)17(21)20-16(10-18)15-8-7-13-5-3-4-6-14(13)9-15/h3-9,11-12,16H,10,18-19H2,1-2H3,(H,20,21). The number of hydrogen-bond acceptors (Lipinski definition) is 3. The van der Waals surface area contributed by atoms with Crippen LogP contribution in [-0.2, 0) is 4.79 Å². The second kappa shape index (κ2) is 6.70. The van der Waals surface area contributed by atoms with Crippen LogP contribution in [0.3, 0.4) is 0 Å². The maximum Gasteiger partial charge on any atom is 0.224 e. The Balaban J connectivity index is 2.21. The summed E-state index contributed by atoms with van der Waals surface area (Å²) in [5.74, 6) is -0.298. The van der Waals surface area contributed by atoms with Gasteiger partial charge in [-0.2, -0.15) is 0 Å². The lowest BCUT2D eigenvalue weighted by Crippen LogP contribution is -2.42. The van der Waals surface area contributed by atoms with Gasteiger partial charge in [0.15, 0.2) is 0 Å². The molecule has 2 rings (SSSR count). The van der Waals surface area contributed by atoms with Gasteiger partial charge in [0.1, 0.15) is 0 Å². The van der Waals surface area contributed by atoms with E-state index < -0.39 is 0 Å². The Labute approximate surface area is 125 Å². The summed E-state index contributed by atoms with van der Waals surface area (Å²) < 4.78 is 0.